The molecule has 0 radical (unpaired) electrons. The average Bonchev–Trinajstić information content (AvgIpc) is 2.51. The maximum Gasteiger partial charge on any atom is 0.106 e. The number of hydrogen-bond donors (Lipinski definition) is 0. The first-order valence-electron chi connectivity index (χ1n) is 9.67. The van der Waals surface area contributed by atoms with E-state index in [-0.39, 0.29) is 17.0 Å². The van der Waals surface area contributed by atoms with Crippen LogP contribution in [-0.4, -0.2) is 31.4 Å². The summed E-state index contributed by atoms with van der Waals surface area (Å²) in [6.07, 6.45) is 16.9. The number of rotatable bonds is 16. The summed E-state index contributed by atoms with van der Waals surface area (Å²) in [5.74, 6) is 0. The van der Waals surface area contributed by atoms with E-state index in [1.165, 1.54) is 77.0 Å². The highest BCUT2D eigenvalue weighted by Crippen LogP contribution is 2.12. The molecule has 0 aromatic carbocycles. The van der Waals surface area contributed by atoms with E-state index in [1.54, 1.807) is 0 Å². The van der Waals surface area contributed by atoms with Gasteiger partial charge in [0, 0.05) is 0 Å². The van der Waals surface area contributed by atoms with E-state index in [9.17, 15) is 0 Å². The van der Waals surface area contributed by atoms with Crippen molar-refractivity contribution in [3.63, 3.8) is 0 Å². The van der Waals surface area contributed by atoms with Crippen LogP contribution in [0.1, 0.15) is 97.8 Å². The van der Waals surface area contributed by atoms with Gasteiger partial charge >= 0.3 is 0 Å². The molecule has 0 atom stereocenters. The van der Waals surface area contributed by atoms with E-state index in [0.717, 1.165) is 24.3 Å². The normalized spacial score (nSPS) is 11.5. The van der Waals surface area contributed by atoms with Gasteiger partial charge in [0.15, 0.2) is 0 Å². The van der Waals surface area contributed by atoms with Crippen LogP contribution in [0.15, 0.2) is 0 Å². The van der Waals surface area contributed by atoms with Crippen molar-refractivity contribution in [2.75, 3.05) is 26.7 Å². The number of halogens is 1. The fraction of sp³-hybridized carbons (Fsp3) is 1.00. The molecule has 0 aromatic rings. The lowest BCUT2D eigenvalue weighted by Crippen LogP contribution is -3.00. The van der Waals surface area contributed by atoms with Gasteiger partial charge in [-0.3, -0.25) is 0 Å². The Balaban J connectivity index is 0. The van der Waals surface area contributed by atoms with Crippen molar-refractivity contribution in [1.82, 2.24) is 0 Å². The van der Waals surface area contributed by atoms with Gasteiger partial charge in [-0.25, -0.2) is 4.84 Å². The summed E-state index contributed by atoms with van der Waals surface area (Å²) >= 11 is 0. The van der Waals surface area contributed by atoms with Crippen molar-refractivity contribution in [2.45, 2.75) is 97.8 Å². The summed E-state index contributed by atoms with van der Waals surface area (Å²) < 4.78 is 0.762. The first kappa shape index (κ1) is 24.6. The molecule has 3 heteroatoms. The van der Waals surface area contributed by atoms with E-state index in [0.29, 0.717) is 0 Å². The molecule has 0 heterocycles. The molecule has 0 rings (SSSR count). The molecular formula is C19H42BrNO. The number of hydrogen-bond acceptors (Lipinski definition) is 1. The number of nitrogens with zero attached hydrogens (tertiary/aromatic N) is 1. The molecule has 0 N–H and O–H groups in total. The molecule has 0 bridgehead atoms. The van der Waals surface area contributed by atoms with Crippen molar-refractivity contribution in [1.29, 1.82) is 0 Å². The van der Waals surface area contributed by atoms with Gasteiger partial charge in [-0.1, -0.05) is 77.6 Å². The average molecular weight is 380 g/mol. The largest absolute Gasteiger partial charge is 1.00 e. The van der Waals surface area contributed by atoms with Crippen LogP contribution < -0.4 is 17.0 Å². The lowest BCUT2D eigenvalue weighted by atomic mass is 10.1. The van der Waals surface area contributed by atoms with Gasteiger partial charge in [0.1, 0.15) is 19.7 Å². The molecule has 0 fully saturated rings. The second kappa shape index (κ2) is 17.7. The van der Waals surface area contributed by atoms with Crippen LogP contribution >= 0.6 is 0 Å². The number of quaternary nitrogens is 1. The molecular weight excluding hydrogens is 338 g/mol. The summed E-state index contributed by atoms with van der Waals surface area (Å²) in [7, 11) is 2.18. The third-order valence-corrected chi connectivity index (χ3v) is 4.74. The molecule has 0 spiro atoms. The van der Waals surface area contributed by atoms with Gasteiger partial charge in [0.05, 0.1) is 7.05 Å². The molecule has 0 unspecified atom stereocenters. The van der Waals surface area contributed by atoms with Crippen molar-refractivity contribution >= 4 is 0 Å². The zero-order valence-corrected chi connectivity index (χ0v) is 17.4. The molecule has 22 heavy (non-hydrogen) atoms. The van der Waals surface area contributed by atoms with Crippen LogP contribution in [0.2, 0.25) is 0 Å². The van der Waals surface area contributed by atoms with E-state index in [2.05, 4.69) is 27.8 Å². The molecule has 0 saturated carbocycles. The fourth-order valence-corrected chi connectivity index (χ4v) is 2.63. The van der Waals surface area contributed by atoms with Gasteiger partial charge in [0.25, 0.3) is 0 Å². The summed E-state index contributed by atoms with van der Waals surface area (Å²) in [5, 5.41) is 0. The Labute approximate surface area is 151 Å². The monoisotopic (exact) mass is 379 g/mol. The van der Waals surface area contributed by atoms with Crippen LogP contribution in [0.5, 0.6) is 0 Å². The zero-order chi connectivity index (χ0) is 15.8. The van der Waals surface area contributed by atoms with Crippen molar-refractivity contribution in [2.24, 2.45) is 0 Å². The third-order valence-electron chi connectivity index (χ3n) is 4.74. The van der Waals surface area contributed by atoms with E-state index < -0.39 is 0 Å². The minimum Gasteiger partial charge on any atom is -1.00 e. The maximum atomic E-state index is 5.96. The summed E-state index contributed by atoms with van der Waals surface area (Å²) in [4.78, 5) is 5.96. The van der Waals surface area contributed by atoms with Crippen molar-refractivity contribution < 1.29 is 26.5 Å². The zero-order valence-electron chi connectivity index (χ0n) is 15.8. The highest BCUT2D eigenvalue weighted by molar-refractivity contribution is 4.48. The molecule has 0 amide bonds. The van der Waals surface area contributed by atoms with Gasteiger partial charge in [-0.15, -0.1) is 0 Å². The standard InChI is InChI=1S/C19H42NO.BrH/c1-5-8-9-10-11-12-13-14-15-16-17-18-19-21-20(4,6-2)7-3;/h5-19H2,1-4H3;1H/q+1;/p-1. The van der Waals surface area contributed by atoms with Crippen LogP contribution in [0.3, 0.4) is 0 Å². The predicted molar refractivity (Wildman–Crippen MR) is 94.3 cm³/mol. The van der Waals surface area contributed by atoms with Crippen LogP contribution in [0, 0.1) is 0 Å². The molecule has 0 saturated heterocycles. The summed E-state index contributed by atoms with van der Waals surface area (Å²) in [6.45, 7) is 9.74. The molecule has 2 nitrogen and oxygen atoms in total. The SMILES string of the molecule is CCCCCCCCCCCCCCO[N+](C)(CC)CC.[Br-]. The molecule has 0 aliphatic carbocycles. The first-order valence-corrected chi connectivity index (χ1v) is 9.67. The Morgan fingerprint density at radius 2 is 0.955 bits per heavy atom. The Morgan fingerprint density at radius 1 is 0.591 bits per heavy atom. The lowest BCUT2D eigenvalue weighted by molar-refractivity contribution is -1.09. The van der Waals surface area contributed by atoms with Gasteiger partial charge < -0.3 is 17.0 Å². The smallest absolute Gasteiger partial charge is 0.106 e. The maximum absolute atomic E-state index is 5.96. The lowest BCUT2D eigenvalue weighted by Gasteiger charge is -2.28. The first-order chi connectivity index (χ1) is 10.2. The van der Waals surface area contributed by atoms with Gasteiger partial charge in [-0.2, -0.15) is 4.65 Å². The predicted octanol–water partition coefficient (Wildman–Crippen LogP) is 3.11. The van der Waals surface area contributed by atoms with Gasteiger partial charge in [-0.05, 0) is 20.3 Å². The molecule has 0 aliphatic heterocycles. The Kier molecular flexibility index (Phi) is 19.9. The minimum atomic E-state index is 0. The molecule has 136 valence electrons. The molecule has 0 aliphatic rings. The van der Waals surface area contributed by atoms with E-state index in [4.69, 9.17) is 4.84 Å². The van der Waals surface area contributed by atoms with Crippen LogP contribution in [-0.2, 0) is 4.84 Å². The van der Waals surface area contributed by atoms with Crippen molar-refractivity contribution in [3.05, 3.63) is 0 Å². The second-order valence-corrected chi connectivity index (χ2v) is 6.65. The topological polar surface area (TPSA) is 9.23 Å². The number of unbranched alkanes of at least 4 members (excludes halogenated alkanes) is 11. The molecule has 0 aromatic heterocycles. The van der Waals surface area contributed by atoms with Crippen LogP contribution in [0.25, 0.3) is 0 Å². The number of hydroxylamine groups is 3. The minimum absolute atomic E-state index is 0. The Bertz CT molecular complexity index is 208. The Morgan fingerprint density at radius 3 is 1.32 bits per heavy atom. The summed E-state index contributed by atoms with van der Waals surface area (Å²) in [6, 6.07) is 0. The fourth-order valence-electron chi connectivity index (χ4n) is 2.63. The second-order valence-electron chi connectivity index (χ2n) is 6.65. The highest BCUT2D eigenvalue weighted by Gasteiger charge is 2.17. The van der Waals surface area contributed by atoms with Gasteiger partial charge in [0.2, 0.25) is 0 Å². The quantitative estimate of drug-likeness (QED) is 0.227. The third kappa shape index (κ3) is 15.3. The van der Waals surface area contributed by atoms with E-state index in [1.807, 2.05) is 0 Å². The Hall–Kier alpha value is 0.400. The van der Waals surface area contributed by atoms with Crippen molar-refractivity contribution in [3.8, 4) is 0 Å². The van der Waals surface area contributed by atoms with Crippen LogP contribution in [0.4, 0.5) is 0 Å². The van der Waals surface area contributed by atoms with E-state index >= 15 is 0 Å². The summed E-state index contributed by atoms with van der Waals surface area (Å²) in [5.41, 5.74) is 0. The highest BCUT2D eigenvalue weighted by atomic mass is 79.9.